The van der Waals surface area contributed by atoms with Gasteiger partial charge in [0.05, 0.1) is 12.4 Å². The Kier molecular flexibility index (Phi) is 3.79. The SMILES string of the molecule is CC(C)Nc1cnc(C(=O)N2c3ccccc3CC2C)cn1. The maximum absolute atomic E-state index is 12.8. The predicted octanol–water partition coefficient (Wildman–Crippen LogP) is 2.89. The number of anilines is 2. The van der Waals surface area contributed by atoms with Gasteiger partial charge in [-0.05, 0) is 38.8 Å². The Labute approximate surface area is 130 Å². The van der Waals surface area contributed by atoms with Crippen LogP contribution in [0.25, 0.3) is 0 Å². The van der Waals surface area contributed by atoms with Crippen molar-refractivity contribution in [3.05, 3.63) is 47.9 Å². The maximum Gasteiger partial charge on any atom is 0.278 e. The lowest BCUT2D eigenvalue weighted by Crippen LogP contribution is -2.36. The van der Waals surface area contributed by atoms with E-state index in [0.29, 0.717) is 11.5 Å². The molecule has 3 rings (SSSR count). The molecule has 0 aliphatic carbocycles. The third-order valence-corrected chi connectivity index (χ3v) is 3.73. The monoisotopic (exact) mass is 296 g/mol. The molecule has 1 N–H and O–H groups in total. The minimum atomic E-state index is -0.0963. The van der Waals surface area contributed by atoms with Crippen LogP contribution in [0.5, 0.6) is 0 Å². The molecule has 1 unspecified atom stereocenters. The van der Waals surface area contributed by atoms with E-state index in [2.05, 4.69) is 28.3 Å². The molecule has 1 aromatic carbocycles. The Balaban J connectivity index is 1.85. The van der Waals surface area contributed by atoms with E-state index in [9.17, 15) is 4.79 Å². The van der Waals surface area contributed by atoms with Crippen LogP contribution in [0.2, 0.25) is 0 Å². The van der Waals surface area contributed by atoms with Crippen LogP contribution in [0.4, 0.5) is 11.5 Å². The van der Waals surface area contributed by atoms with Crippen LogP contribution in [0.15, 0.2) is 36.7 Å². The zero-order valence-corrected chi connectivity index (χ0v) is 13.1. The van der Waals surface area contributed by atoms with Gasteiger partial charge >= 0.3 is 0 Å². The summed E-state index contributed by atoms with van der Waals surface area (Å²) in [6.45, 7) is 6.12. The first-order chi connectivity index (χ1) is 10.6. The maximum atomic E-state index is 12.8. The summed E-state index contributed by atoms with van der Waals surface area (Å²) in [5.74, 6) is 0.586. The molecule has 2 aromatic rings. The summed E-state index contributed by atoms with van der Waals surface area (Å²) in [6, 6.07) is 8.44. The number of nitrogens with zero attached hydrogens (tertiary/aromatic N) is 3. The number of fused-ring (bicyclic) bond motifs is 1. The first-order valence-corrected chi connectivity index (χ1v) is 7.56. The Bertz CT molecular complexity index is 681. The van der Waals surface area contributed by atoms with Crippen LogP contribution >= 0.6 is 0 Å². The van der Waals surface area contributed by atoms with Crippen molar-refractivity contribution in [2.75, 3.05) is 10.2 Å². The zero-order valence-electron chi connectivity index (χ0n) is 13.1. The van der Waals surface area contributed by atoms with Crippen molar-refractivity contribution < 1.29 is 4.79 Å². The molecular formula is C17H20N4O. The second-order valence-corrected chi connectivity index (χ2v) is 5.94. The third kappa shape index (κ3) is 2.66. The molecule has 5 nitrogen and oxygen atoms in total. The Morgan fingerprint density at radius 1 is 1.27 bits per heavy atom. The van der Waals surface area contributed by atoms with Gasteiger partial charge in [0.2, 0.25) is 0 Å². The number of hydrogen-bond donors (Lipinski definition) is 1. The second kappa shape index (κ2) is 5.75. The van der Waals surface area contributed by atoms with Crippen LogP contribution < -0.4 is 10.2 Å². The lowest BCUT2D eigenvalue weighted by atomic mass is 10.1. The molecule has 1 amide bonds. The highest BCUT2D eigenvalue weighted by atomic mass is 16.2. The summed E-state index contributed by atoms with van der Waals surface area (Å²) < 4.78 is 0. The van der Waals surface area contributed by atoms with E-state index in [0.717, 1.165) is 12.1 Å². The van der Waals surface area contributed by atoms with Crippen molar-refractivity contribution in [2.45, 2.75) is 39.3 Å². The predicted molar refractivity (Wildman–Crippen MR) is 87.2 cm³/mol. The smallest absolute Gasteiger partial charge is 0.278 e. The van der Waals surface area contributed by atoms with Gasteiger partial charge in [-0.2, -0.15) is 0 Å². The normalized spacial score (nSPS) is 16.7. The third-order valence-electron chi connectivity index (χ3n) is 3.73. The zero-order chi connectivity index (χ0) is 15.7. The van der Waals surface area contributed by atoms with E-state index in [1.807, 2.05) is 36.9 Å². The second-order valence-electron chi connectivity index (χ2n) is 5.94. The Hall–Kier alpha value is -2.43. The van der Waals surface area contributed by atoms with Crippen molar-refractivity contribution in [3.63, 3.8) is 0 Å². The minimum Gasteiger partial charge on any atom is -0.367 e. The standard InChI is InChI=1S/C17H20N4O/c1-11(2)20-16-10-18-14(9-19-16)17(22)21-12(3)8-13-6-4-5-7-15(13)21/h4-7,9-12H,8H2,1-3H3,(H,19,20). The van der Waals surface area contributed by atoms with E-state index >= 15 is 0 Å². The van der Waals surface area contributed by atoms with Crippen LogP contribution in [0.1, 0.15) is 36.8 Å². The highest BCUT2D eigenvalue weighted by molar-refractivity contribution is 6.06. The first-order valence-electron chi connectivity index (χ1n) is 7.56. The van der Waals surface area contributed by atoms with E-state index in [4.69, 9.17) is 0 Å². The molecule has 1 aliphatic heterocycles. The largest absolute Gasteiger partial charge is 0.367 e. The summed E-state index contributed by atoms with van der Waals surface area (Å²) in [5.41, 5.74) is 2.55. The number of amides is 1. The van der Waals surface area contributed by atoms with Crippen molar-refractivity contribution in [3.8, 4) is 0 Å². The molecule has 5 heteroatoms. The van der Waals surface area contributed by atoms with Crippen LogP contribution in [0.3, 0.4) is 0 Å². The van der Waals surface area contributed by atoms with E-state index in [1.165, 1.54) is 5.56 Å². The van der Waals surface area contributed by atoms with Gasteiger partial charge in [-0.1, -0.05) is 18.2 Å². The van der Waals surface area contributed by atoms with Gasteiger partial charge in [0.15, 0.2) is 0 Å². The number of benzene rings is 1. The number of carbonyl (C=O) groups excluding carboxylic acids is 1. The summed E-state index contributed by atoms with van der Waals surface area (Å²) >= 11 is 0. The molecule has 22 heavy (non-hydrogen) atoms. The molecule has 0 bridgehead atoms. The van der Waals surface area contributed by atoms with Gasteiger partial charge in [-0.3, -0.25) is 4.79 Å². The quantitative estimate of drug-likeness (QED) is 0.946. The number of rotatable bonds is 3. The van der Waals surface area contributed by atoms with Crippen molar-refractivity contribution >= 4 is 17.4 Å². The molecule has 1 atom stereocenters. The van der Waals surface area contributed by atoms with Gasteiger partial charge < -0.3 is 10.2 Å². The fourth-order valence-electron chi connectivity index (χ4n) is 2.81. The highest BCUT2D eigenvalue weighted by Crippen LogP contribution is 2.32. The Morgan fingerprint density at radius 3 is 2.73 bits per heavy atom. The van der Waals surface area contributed by atoms with Gasteiger partial charge in [-0.25, -0.2) is 9.97 Å². The molecule has 114 valence electrons. The van der Waals surface area contributed by atoms with E-state index in [1.54, 1.807) is 12.4 Å². The lowest BCUT2D eigenvalue weighted by Gasteiger charge is -2.22. The van der Waals surface area contributed by atoms with Crippen LogP contribution in [0, 0.1) is 0 Å². The number of hydrogen-bond acceptors (Lipinski definition) is 4. The van der Waals surface area contributed by atoms with Crippen molar-refractivity contribution in [1.29, 1.82) is 0 Å². The fraction of sp³-hybridized carbons (Fsp3) is 0.353. The Morgan fingerprint density at radius 2 is 2.05 bits per heavy atom. The van der Waals surface area contributed by atoms with Gasteiger partial charge in [0.25, 0.3) is 5.91 Å². The number of para-hydroxylation sites is 1. The van der Waals surface area contributed by atoms with Crippen molar-refractivity contribution in [2.24, 2.45) is 0 Å². The van der Waals surface area contributed by atoms with Gasteiger partial charge in [0, 0.05) is 17.8 Å². The molecular weight excluding hydrogens is 276 g/mol. The van der Waals surface area contributed by atoms with Crippen LogP contribution in [-0.4, -0.2) is 28.0 Å². The molecule has 0 saturated heterocycles. The first kappa shape index (κ1) is 14.5. The number of aromatic nitrogens is 2. The number of carbonyl (C=O) groups is 1. The molecule has 0 radical (unpaired) electrons. The summed E-state index contributed by atoms with van der Waals surface area (Å²) in [5, 5.41) is 3.17. The number of nitrogens with one attached hydrogen (secondary N) is 1. The molecule has 0 saturated carbocycles. The topological polar surface area (TPSA) is 58.1 Å². The molecule has 0 spiro atoms. The average Bonchev–Trinajstić information content (AvgIpc) is 2.82. The van der Waals surface area contributed by atoms with Crippen molar-refractivity contribution in [1.82, 2.24) is 9.97 Å². The van der Waals surface area contributed by atoms with E-state index in [-0.39, 0.29) is 18.0 Å². The average molecular weight is 296 g/mol. The fourth-order valence-corrected chi connectivity index (χ4v) is 2.81. The summed E-state index contributed by atoms with van der Waals surface area (Å²) in [6.07, 6.45) is 4.03. The molecule has 1 aromatic heterocycles. The van der Waals surface area contributed by atoms with Gasteiger partial charge in [-0.15, -0.1) is 0 Å². The molecule has 1 aliphatic rings. The summed E-state index contributed by atoms with van der Waals surface area (Å²) in [4.78, 5) is 23.1. The lowest BCUT2D eigenvalue weighted by molar-refractivity contribution is 0.0976. The van der Waals surface area contributed by atoms with E-state index < -0.39 is 0 Å². The molecule has 2 heterocycles. The molecule has 0 fully saturated rings. The van der Waals surface area contributed by atoms with Gasteiger partial charge in [0.1, 0.15) is 11.5 Å². The minimum absolute atomic E-state index is 0.0963. The summed E-state index contributed by atoms with van der Waals surface area (Å²) in [7, 11) is 0. The highest BCUT2D eigenvalue weighted by Gasteiger charge is 2.31. The van der Waals surface area contributed by atoms with Crippen LogP contribution in [-0.2, 0) is 6.42 Å².